The standard InChI is InChI=1S/C26H30NOSi/c1-25(2,3)23-17-10-18-24-22(23)16-11-19-26(24,27)28-29(20-12-6-4-7-13-20)21-14-8-5-9-15-21/h4-10,12-15,17-18H,11,16,19,27H2,1-3H3. The summed E-state index contributed by atoms with van der Waals surface area (Å²) in [6.45, 7) is 6.83. The molecule has 1 radical (unpaired) electrons. The Labute approximate surface area is 176 Å². The van der Waals surface area contributed by atoms with Gasteiger partial charge in [-0.2, -0.15) is 0 Å². The molecule has 1 aliphatic rings. The van der Waals surface area contributed by atoms with Crippen molar-refractivity contribution in [3.05, 3.63) is 95.6 Å². The van der Waals surface area contributed by atoms with Gasteiger partial charge in [0, 0.05) is 5.56 Å². The van der Waals surface area contributed by atoms with Crippen LogP contribution in [0.4, 0.5) is 0 Å². The van der Waals surface area contributed by atoms with Crippen molar-refractivity contribution in [2.75, 3.05) is 0 Å². The van der Waals surface area contributed by atoms with E-state index in [1.54, 1.807) is 0 Å². The van der Waals surface area contributed by atoms with Crippen molar-refractivity contribution in [1.29, 1.82) is 0 Å². The fraction of sp³-hybridized carbons (Fsp3) is 0.308. The van der Waals surface area contributed by atoms with Gasteiger partial charge in [-0.25, -0.2) is 0 Å². The lowest BCUT2D eigenvalue weighted by Crippen LogP contribution is -2.55. The molecule has 0 saturated heterocycles. The lowest BCUT2D eigenvalue weighted by molar-refractivity contribution is 0.0560. The van der Waals surface area contributed by atoms with E-state index in [1.807, 2.05) is 0 Å². The molecule has 2 nitrogen and oxygen atoms in total. The first-order chi connectivity index (χ1) is 13.9. The highest BCUT2D eigenvalue weighted by Gasteiger charge is 2.39. The van der Waals surface area contributed by atoms with Crippen molar-refractivity contribution in [2.24, 2.45) is 5.73 Å². The minimum absolute atomic E-state index is 0.0935. The third-order valence-corrected chi connectivity index (χ3v) is 8.05. The molecule has 3 aromatic rings. The normalized spacial score (nSPS) is 19.2. The van der Waals surface area contributed by atoms with Crippen LogP contribution in [-0.2, 0) is 22.0 Å². The number of benzene rings is 3. The second kappa shape index (κ2) is 7.90. The van der Waals surface area contributed by atoms with Gasteiger partial charge in [0.2, 0.25) is 0 Å². The molecular formula is C26H30NOSi. The second-order valence-electron chi connectivity index (χ2n) is 8.99. The maximum absolute atomic E-state index is 7.06. The van der Waals surface area contributed by atoms with Crippen LogP contribution >= 0.6 is 0 Å². The molecule has 0 aromatic heterocycles. The van der Waals surface area contributed by atoms with Crippen molar-refractivity contribution >= 4 is 19.4 Å². The molecular weight excluding hydrogens is 370 g/mol. The molecule has 1 aliphatic carbocycles. The predicted octanol–water partition coefficient (Wildman–Crippen LogP) is 4.25. The van der Waals surface area contributed by atoms with Crippen molar-refractivity contribution in [1.82, 2.24) is 0 Å². The molecule has 0 fully saturated rings. The smallest absolute Gasteiger partial charge is 0.285 e. The molecule has 4 rings (SSSR count). The van der Waals surface area contributed by atoms with Crippen molar-refractivity contribution in [2.45, 2.75) is 51.2 Å². The van der Waals surface area contributed by atoms with Gasteiger partial charge in [0.05, 0.1) is 0 Å². The molecule has 1 atom stereocenters. The van der Waals surface area contributed by atoms with E-state index in [1.165, 1.54) is 27.1 Å². The van der Waals surface area contributed by atoms with E-state index in [9.17, 15) is 0 Å². The summed E-state index contributed by atoms with van der Waals surface area (Å²) in [7, 11) is -1.47. The Bertz CT molecular complexity index is 926. The van der Waals surface area contributed by atoms with Gasteiger partial charge in [0.15, 0.2) is 0 Å². The van der Waals surface area contributed by atoms with Crippen LogP contribution in [0.5, 0.6) is 0 Å². The molecule has 0 amide bonds. The Kier molecular flexibility index (Phi) is 5.47. The SMILES string of the molecule is CC(C)(C)c1cccc2c1CCCC2(N)O[Si](c1ccccc1)c1ccccc1. The zero-order valence-corrected chi connectivity index (χ0v) is 18.6. The third kappa shape index (κ3) is 4.09. The second-order valence-corrected chi connectivity index (χ2v) is 11.0. The van der Waals surface area contributed by atoms with E-state index < -0.39 is 14.8 Å². The van der Waals surface area contributed by atoms with Gasteiger partial charge < -0.3 is 10.2 Å². The van der Waals surface area contributed by atoms with Crippen molar-refractivity contribution < 1.29 is 4.43 Å². The predicted molar refractivity (Wildman–Crippen MR) is 123 cm³/mol. The van der Waals surface area contributed by atoms with Crippen LogP contribution in [0.3, 0.4) is 0 Å². The van der Waals surface area contributed by atoms with Crippen LogP contribution in [-0.4, -0.2) is 9.04 Å². The Hall–Kier alpha value is -2.20. The van der Waals surface area contributed by atoms with Crippen molar-refractivity contribution in [3.63, 3.8) is 0 Å². The van der Waals surface area contributed by atoms with Gasteiger partial charge in [0.1, 0.15) is 5.72 Å². The fourth-order valence-corrected chi connectivity index (χ4v) is 6.51. The highest BCUT2D eigenvalue weighted by atomic mass is 28.3. The van der Waals surface area contributed by atoms with Gasteiger partial charge in [-0.15, -0.1) is 0 Å². The summed E-state index contributed by atoms with van der Waals surface area (Å²) in [6, 6.07) is 27.7. The van der Waals surface area contributed by atoms with Crippen LogP contribution in [0.25, 0.3) is 0 Å². The highest BCUT2D eigenvalue weighted by Crippen LogP contribution is 2.39. The monoisotopic (exact) mass is 400 g/mol. The molecule has 149 valence electrons. The lowest BCUT2D eigenvalue weighted by Gasteiger charge is -2.40. The van der Waals surface area contributed by atoms with Gasteiger partial charge in [0.25, 0.3) is 9.04 Å². The molecule has 0 aliphatic heterocycles. The maximum atomic E-state index is 7.06. The lowest BCUT2D eigenvalue weighted by atomic mass is 9.75. The molecule has 29 heavy (non-hydrogen) atoms. The number of fused-ring (bicyclic) bond motifs is 1. The maximum Gasteiger partial charge on any atom is 0.285 e. The summed E-state index contributed by atoms with van der Waals surface area (Å²) >= 11 is 0. The van der Waals surface area contributed by atoms with Gasteiger partial charge in [-0.1, -0.05) is 99.6 Å². The van der Waals surface area contributed by atoms with Gasteiger partial charge in [-0.3, -0.25) is 0 Å². The Morgan fingerprint density at radius 1 is 0.828 bits per heavy atom. The first-order valence-corrected chi connectivity index (χ1v) is 11.9. The van der Waals surface area contributed by atoms with E-state index in [0.717, 1.165) is 19.3 Å². The van der Waals surface area contributed by atoms with E-state index in [0.29, 0.717) is 0 Å². The Balaban J connectivity index is 1.78. The van der Waals surface area contributed by atoms with E-state index >= 15 is 0 Å². The van der Waals surface area contributed by atoms with E-state index in [-0.39, 0.29) is 5.41 Å². The van der Waals surface area contributed by atoms with Gasteiger partial charge >= 0.3 is 0 Å². The molecule has 0 saturated carbocycles. The molecule has 3 heteroatoms. The zero-order chi connectivity index (χ0) is 20.5. The summed E-state index contributed by atoms with van der Waals surface area (Å²) in [6.07, 6.45) is 2.97. The summed E-state index contributed by atoms with van der Waals surface area (Å²) in [5.74, 6) is 0. The first kappa shape index (κ1) is 20.1. The number of hydrogen-bond donors (Lipinski definition) is 1. The van der Waals surface area contributed by atoms with Crippen LogP contribution in [0.15, 0.2) is 78.9 Å². The highest BCUT2D eigenvalue weighted by molar-refractivity contribution is 6.80. The van der Waals surface area contributed by atoms with Crippen LogP contribution in [0.1, 0.15) is 50.3 Å². The average Bonchev–Trinajstić information content (AvgIpc) is 2.73. The summed E-state index contributed by atoms with van der Waals surface area (Å²) in [5.41, 5.74) is 10.3. The quantitative estimate of drug-likeness (QED) is 0.525. The molecule has 0 spiro atoms. The third-order valence-electron chi connectivity index (χ3n) is 5.77. The zero-order valence-electron chi connectivity index (χ0n) is 17.6. The molecule has 3 aromatic carbocycles. The number of nitrogens with two attached hydrogens (primary N) is 1. The summed E-state index contributed by atoms with van der Waals surface area (Å²) in [4.78, 5) is 0. The molecule has 2 N–H and O–H groups in total. The summed E-state index contributed by atoms with van der Waals surface area (Å²) < 4.78 is 6.92. The van der Waals surface area contributed by atoms with Gasteiger partial charge in [-0.05, 0) is 46.2 Å². The molecule has 0 bridgehead atoms. The fourth-order valence-electron chi connectivity index (χ4n) is 4.37. The minimum atomic E-state index is -1.47. The van der Waals surface area contributed by atoms with Crippen LogP contribution in [0.2, 0.25) is 0 Å². The van der Waals surface area contributed by atoms with Crippen LogP contribution < -0.4 is 16.1 Å². The topological polar surface area (TPSA) is 35.2 Å². The first-order valence-electron chi connectivity index (χ1n) is 10.5. The molecule has 0 heterocycles. The van der Waals surface area contributed by atoms with Crippen molar-refractivity contribution in [3.8, 4) is 0 Å². The Morgan fingerprint density at radius 2 is 1.41 bits per heavy atom. The number of hydrogen-bond acceptors (Lipinski definition) is 2. The average molecular weight is 401 g/mol. The van der Waals surface area contributed by atoms with E-state index in [4.69, 9.17) is 10.2 Å². The van der Waals surface area contributed by atoms with E-state index in [2.05, 4.69) is 99.6 Å². The van der Waals surface area contributed by atoms with Crippen LogP contribution in [0, 0.1) is 0 Å². The molecule has 1 unspecified atom stereocenters. The summed E-state index contributed by atoms with van der Waals surface area (Å²) in [5, 5.41) is 2.46. The Morgan fingerprint density at radius 3 is 1.97 bits per heavy atom. The number of rotatable bonds is 4. The largest absolute Gasteiger partial charge is 0.386 e. The minimum Gasteiger partial charge on any atom is -0.386 e.